The van der Waals surface area contributed by atoms with Gasteiger partial charge in [0.05, 0.1) is 11.7 Å². The number of hydrogen-bond donors (Lipinski definition) is 2. The van der Waals surface area contributed by atoms with E-state index in [1.54, 1.807) is 32.9 Å². The summed E-state index contributed by atoms with van der Waals surface area (Å²) in [6.07, 6.45) is -4.88. The molecule has 0 unspecified atom stereocenters. The van der Waals surface area contributed by atoms with Crippen molar-refractivity contribution in [3.8, 4) is 28.1 Å². The van der Waals surface area contributed by atoms with Crippen molar-refractivity contribution in [1.29, 1.82) is 0 Å². The number of fused-ring (bicyclic) bond motifs is 1. The lowest BCUT2D eigenvalue weighted by Crippen LogP contribution is -2.41. The van der Waals surface area contributed by atoms with Crippen LogP contribution in [0.15, 0.2) is 60.7 Å². The lowest BCUT2D eigenvalue weighted by Gasteiger charge is -2.29. The first-order valence-electron chi connectivity index (χ1n) is 11.8. The molecule has 0 bridgehead atoms. The number of amides is 2. The smallest absolute Gasteiger partial charge is 0.444 e. The Morgan fingerprint density at radius 1 is 1.05 bits per heavy atom. The number of carbonyl (C=O) groups is 2. The van der Waals surface area contributed by atoms with Gasteiger partial charge in [0.15, 0.2) is 0 Å². The summed E-state index contributed by atoms with van der Waals surface area (Å²) in [7, 11) is 0. The Balaban J connectivity index is 1.73. The molecule has 2 heterocycles. The molecule has 1 aromatic heterocycles. The standard InChI is InChI=1S/C27H28F3N3O4/c1-26(2,3)37-25(35)31-13-12-19-16-32-24(34)22-15-21(23(33(19)22)17-8-5-4-6-9-17)18-10-7-11-20(14-18)36-27(28,29)30/h4-11,14-15,19H,12-13,16H2,1-3H3,(H,31,35)(H,32,34)/t19-/m0/s1. The quantitative estimate of drug-likeness (QED) is 0.427. The van der Waals surface area contributed by atoms with Gasteiger partial charge in [-0.05, 0) is 56.5 Å². The Labute approximate surface area is 212 Å². The van der Waals surface area contributed by atoms with Gasteiger partial charge >= 0.3 is 12.5 Å². The summed E-state index contributed by atoms with van der Waals surface area (Å²) in [4.78, 5) is 25.0. The van der Waals surface area contributed by atoms with Gasteiger partial charge in [-0.25, -0.2) is 4.79 Å². The zero-order valence-corrected chi connectivity index (χ0v) is 20.7. The van der Waals surface area contributed by atoms with E-state index in [0.717, 1.165) is 5.56 Å². The van der Waals surface area contributed by atoms with Gasteiger partial charge in [0, 0.05) is 18.7 Å². The molecule has 0 fully saturated rings. The minimum atomic E-state index is -4.83. The average Bonchev–Trinajstić information content (AvgIpc) is 3.21. The van der Waals surface area contributed by atoms with Gasteiger partial charge in [-0.3, -0.25) is 4.79 Å². The highest BCUT2D eigenvalue weighted by atomic mass is 19.4. The van der Waals surface area contributed by atoms with Crippen LogP contribution in [0, 0.1) is 0 Å². The van der Waals surface area contributed by atoms with Crippen LogP contribution in [0.5, 0.6) is 5.75 Å². The maximum Gasteiger partial charge on any atom is 0.573 e. The number of alkyl carbamates (subject to hydrolysis) is 1. The Kier molecular flexibility index (Phi) is 7.20. The molecule has 37 heavy (non-hydrogen) atoms. The van der Waals surface area contributed by atoms with Crippen LogP contribution in [-0.2, 0) is 4.74 Å². The summed E-state index contributed by atoms with van der Waals surface area (Å²) in [5, 5.41) is 5.62. The molecule has 0 saturated carbocycles. The molecule has 2 aromatic carbocycles. The van der Waals surface area contributed by atoms with Crippen molar-refractivity contribution in [2.24, 2.45) is 0 Å². The lowest BCUT2D eigenvalue weighted by molar-refractivity contribution is -0.274. The molecule has 0 spiro atoms. The average molecular weight is 516 g/mol. The number of aromatic nitrogens is 1. The van der Waals surface area contributed by atoms with Crippen molar-refractivity contribution < 1.29 is 32.2 Å². The molecule has 0 radical (unpaired) electrons. The fourth-order valence-electron chi connectivity index (χ4n) is 4.33. The van der Waals surface area contributed by atoms with E-state index in [9.17, 15) is 22.8 Å². The highest BCUT2D eigenvalue weighted by Crippen LogP contribution is 2.40. The molecule has 0 aliphatic carbocycles. The summed E-state index contributed by atoms with van der Waals surface area (Å²) < 4.78 is 49.9. The maximum absolute atomic E-state index is 12.9. The fourth-order valence-corrected chi connectivity index (χ4v) is 4.33. The SMILES string of the molecule is CC(C)(C)OC(=O)NCC[C@H]1CNC(=O)c2cc(-c3cccc(OC(F)(F)F)c3)c(-c3ccccc3)n21. The number of ether oxygens (including phenoxy) is 2. The Hall–Kier alpha value is -3.95. The fraction of sp³-hybridized carbons (Fsp3) is 0.333. The van der Waals surface area contributed by atoms with Gasteiger partial charge in [-0.2, -0.15) is 0 Å². The predicted octanol–water partition coefficient (Wildman–Crippen LogP) is 5.92. The minimum Gasteiger partial charge on any atom is -0.444 e. The Bertz CT molecular complexity index is 1280. The number of nitrogens with one attached hydrogen (secondary N) is 2. The number of halogens is 3. The summed E-state index contributed by atoms with van der Waals surface area (Å²) >= 11 is 0. The number of hydrogen-bond acceptors (Lipinski definition) is 4. The van der Waals surface area contributed by atoms with E-state index in [-0.39, 0.29) is 17.7 Å². The molecule has 10 heteroatoms. The van der Waals surface area contributed by atoms with E-state index in [2.05, 4.69) is 15.4 Å². The van der Waals surface area contributed by atoms with E-state index in [1.165, 1.54) is 18.2 Å². The van der Waals surface area contributed by atoms with Crippen molar-refractivity contribution >= 4 is 12.0 Å². The molecule has 2 amide bonds. The zero-order chi connectivity index (χ0) is 26.8. The molecular formula is C27H28F3N3O4. The highest BCUT2D eigenvalue weighted by Gasteiger charge is 2.33. The zero-order valence-electron chi connectivity index (χ0n) is 20.7. The van der Waals surface area contributed by atoms with E-state index < -0.39 is 18.1 Å². The van der Waals surface area contributed by atoms with Crippen molar-refractivity contribution in [1.82, 2.24) is 15.2 Å². The van der Waals surface area contributed by atoms with Gasteiger partial charge in [0.25, 0.3) is 5.91 Å². The van der Waals surface area contributed by atoms with Crippen LogP contribution in [-0.4, -0.2) is 41.6 Å². The van der Waals surface area contributed by atoms with Gasteiger partial charge in [0.2, 0.25) is 0 Å². The van der Waals surface area contributed by atoms with Crippen molar-refractivity contribution in [2.45, 2.75) is 45.2 Å². The van der Waals surface area contributed by atoms with E-state index >= 15 is 0 Å². The van der Waals surface area contributed by atoms with Gasteiger partial charge in [-0.15, -0.1) is 13.2 Å². The van der Waals surface area contributed by atoms with Crippen LogP contribution < -0.4 is 15.4 Å². The Morgan fingerprint density at radius 3 is 2.43 bits per heavy atom. The molecule has 7 nitrogen and oxygen atoms in total. The van der Waals surface area contributed by atoms with Crippen LogP contribution in [0.3, 0.4) is 0 Å². The van der Waals surface area contributed by atoms with Crippen LogP contribution in [0.25, 0.3) is 22.4 Å². The third kappa shape index (κ3) is 6.44. The highest BCUT2D eigenvalue weighted by molar-refractivity contribution is 5.98. The molecule has 1 aliphatic rings. The lowest BCUT2D eigenvalue weighted by atomic mass is 10.0. The number of benzene rings is 2. The van der Waals surface area contributed by atoms with Crippen LogP contribution >= 0.6 is 0 Å². The minimum absolute atomic E-state index is 0.221. The molecule has 3 aromatic rings. The third-order valence-electron chi connectivity index (χ3n) is 5.70. The topological polar surface area (TPSA) is 81.6 Å². The Morgan fingerprint density at radius 2 is 1.76 bits per heavy atom. The monoisotopic (exact) mass is 515 g/mol. The normalized spacial score (nSPS) is 15.5. The molecule has 2 N–H and O–H groups in total. The summed E-state index contributed by atoms with van der Waals surface area (Å²) in [6, 6.07) is 16.5. The van der Waals surface area contributed by atoms with Crippen molar-refractivity contribution in [3.63, 3.8) is 0 Å². The van der Waals surface area contributed by atoms with Crippen molar-refractivity contribution in [3.05, 3.63) is 66.4 Å². The molecule has 196 valence electrons. The first-order chi connectivity index (χ1) is 17.4. The molecule has 1 atom stereocenters. The first-order valence-corrected chi connectivity index (χ1v) is 11.8. The maximum atomic E-state index is 12.9. The van der Waals surface area contributed by atoms with Crippen LogP contribution in [0.1, 0.15) is 43.7 Å². The molecule has 4 rings (SSSR count). The summed E-state index contributed by atoms with van der Waals surface area (Å²) in [5.74, 6) is -0.641. The largest absolute Gasteiger partial charge is 0.573 e. The van der Waals surface area contributed by atoms with Crippen LogP contribution in [0.2, 0.25) is 0 Å². The second-order valence-electron chi connectivity index (χ2n) is 9.68. The summed E-state index contributed by atoms with van der Waals surface area (Å²) in [5.41, 5.74) is 2.31. The number of alkyl halides is 3. The van der Waals surface area contributed by atoms with E-state index in [0.29, 0.717) is 42.0 Å². The van der Waals surface area contributed by atoms with Gasteiger partial charge in [-0.1, -0.05) is 42.5 Å². The summed E-state index contributed by atoms with van der Waals surface area (Å²) in [6.45, 7) is 5.95. The number of carbonyl (C=O) groups excluding carboxylic acids is 2. The second kappa shape index (κ2) is 10.2. The van der Waals surface area contributed by atoms with Gasteiger partial charge in [0.1, 0.15) is 17.0 Å². The van der Waals surface area contributed by atoms with Crippen molar-refractivity contribution in [2.75, 3.05) is 13.1 Å². The third-order valence-corrected chi connectivity index (χ3v) is 5.70. The number of nitrogens with zero attached hydrogens (tertiary/aromatic N) is 1. The van der Waals surface area contributed by atoms with E-state index in [1.807, 2.05) is 34.9 Å². The predicted molar refractivity (Wildman–Crippen MR) is 132 cm³/mol. The van der Waals surface area contributed by atoms with E-state index in [4.69, 9.17) is 4.74 Å². The number of rotatable bonds is 6. The molecule has 0 saturated heterocycles. The first kappa shape index (κ1) is 26.1. The van der Waals surface area contributed by atoms with Gasteiger partial charge < -0.3 is 24.7 Å². The molecular weight excluding hydrogens is 487 g/mol. The second-order valence-corrected chi connectivity index (χ2v) is 9.68. The molecule has 1 aliphatic heterocycles. The van der Waals surface area contributed by atoms with Crippen LogP contribution in [0.4, 0.5) is 18.0 Å².